The first-order valence-electron chi connectivity index (χ1n) is 6.97. The lowest BCUT2D eigenvalue weighted by Crippen LogP contribution is -2.24. The van der Waals surface area contributed by atoms with Gasteiger partial charge >= 0.3 is 12.3 Å². The van der Waals surface area contributed by atoms with Crippen LogP contribution < -0.4 is 0 Å². The maximum atomic E-state index is 11.9. The van der Waals surface area contributed by atoms with E-state index in [1.54, 1.807) is 0 Å². The van der Waals surface area contributed by atoms with Crippen LogP contribution in [0.25, 0.3) is 0 Å². The zero-order chi connectivity index (χ0) is 13.8. The molecule has 1 radical (unpaired) electrons. The van der Waals surface area contributed by atoms with Crippen molar-refractivity contribution in [2.24, 2.45) is 5.92 Å². The zero-order valence-corrected chi connectivity index (χ0v) is 12.2. The van der Waals surface area contributed by atoms with Crippen LogP contribution in [-0.2, 0) is 19.0 Å². The molecule has 0 aromatic heterocycles. The number of carbonyl (C=O) groups excluding carboxylic acids is 1. The maximum absolute atomic E-state index is 11.9. The van der Waals surface area contributed by atoms with E-state index in [0.29, 0.717) is 13.2 Å². The molecule has 0 saturated carbocycles. The lowest BCUT2D eigenvalue weighted by Gasteiger charge is -2.19. The lowest BCUT2D eigenvalue weighted by atomic mass is 10.00. The average Bonchev–Trinajstić information content (AvgIpc) is 2.37. The highest BCUT2D eigenvalue weighted by molar-refractivity contribution is 5.72. The van der Waals surface area contributed by atoms with Crippen LogP contribution in [0.5, 0.6) is 0 Å². The molecule has 0 aromatic rings. The van der Waals surface area contributed by atoms with Crippen molar-refractivity contribution in [2.45, 2.75) is 53.4 Å². The number of ether oxygens (including phenoxy) is 3. The molecule has 0 aliphatic rings. The summed E-state index contributed by atoms with van der Waals surface area (Å²) in [4.78, 5) is 11.9. The lowest BCUT2D eigenvalue weighted by molar-refractivity contribution is -0.163. The molecule has 0 rings (SSSR count). The molecule has 0 saturated heterocycles. The molecule has 0 aliphatic carbocycles. The van der Waals surface area contributed by atoms with Gasteiger partial charge in [-0.15, -0.1) is 0 Å². The third-order valence-corrected chi connectivity index (χ3v) is 2.68. The molecule has 0 amide bonds. The Morgan fingerprint density at radius 2 is 1.83 bits per heavy atom. The third-order valence-electron chi connectivity index (χ3n) is 2.68. The van der Waals surface area contributed by atoms with E-state index in [1.807, 2.05) is 20.8 Å². The highest BCUT2D eigenvalue weighted by Crippen LogP contribution is 2.17. The average molecular weight is 259 g/mol. The molecule has 4 nitrogen and oxygen atoms in total. The summed E-state index contributed by atoms with van der Waals surface area (Å²) in [6.07, 6.45) is 4.08. The van der Waals surface area contributed by atoms with Crippen LogP contribution in [0.2, 0.25) is 0 Å². The van der Waals surface area contributed by atoms with Gasteiger partial charge in [0.25, 0.3) is 0 Å². The summed E-state index contributed by atoms with van der Waals surface area (Å²) in [5.41, 5.74) is 0. The summed E-state index contributed by atoms with van der Waals surface area (Å²) in [5.74, 6) is -0.240. The minimum absolute atomic E-state index is 0.0398. The topological polar surface area (TPSA) is 44.8 Å². The number of hydrogen-bond donors (Lipinski definition) is 0. The molecule has 4 heteroatoms. The molecule has 0 spiro atoms. The Labute approximate surface area is 111 Å². The smallest absolute Gasteiger partial charge is 0.311 e. The van der Waals surface area contributed by atoms with Gasteiger partial charge in [-0.2, -0.15) is 0 Å². The van der Waals surface area contributed by atoms with Crippen molar-refractivity contribution in [1.29, 1.82) is 0 Å². The predicted octanol–water partition coefficient (Wildman–Crippen LogP) is 3.31. The van der Waals surface area contributed by atoms with Gasteiger partial charge in [0.2, 0.25) is 0 Å². The van der Waals surface area contributed by atoms with Crippen LogP contribution in [-0.4, -0.2) is 25.8 Å². The Morgan fingerprint density at radius 1 is 1.11 bits per heavy atom. The van der Waals surface area contributed by atoms with Crippen LogP contribution in [0.4, 0.5) is 0 Å². The predicted molar refractivity (Wildman–Crippen MR) is 70.8 cm³/mol. The normalized spacial score (nSPS) is 12.7. The van der Waals surface area contributed by atoms with Crippen molar-refractivity contribution in [2.75, 3.05) is 19.8 Å². The van der Waals surface area contributed by atoms with E-state index in [0.717, 1.165) is 25.7 Å². The minimum atomic E-state index is -0.200. The van der Waals surface area contributed by atoms with Gasteiger partial charge in [0.1, 0.15) is 6.61 Å². The molecule has 0 aromatic carbocycles. The van der Waals surface area contributed by atoms with E-state index in [9.17, 15) is 4.79 Å². The Morgan fingerprint density at radius 3 is 2.33 bits per heavy atom. The molecule has 0 N–H and O–H groups in total. The van der Waals surface area contributed by atoms with Gasteiger partial charge in [0.05, 0.1) is 5.92 Å². The van der Waals surface area contributed by atoms with E-state index in [-0.39, 0.29) is 24.8 Å². The van der Waals surface area contributed by atoms with Gasteiger partial charge < -0.3 is 14.2 Å². The molecule has 1 unspecified atom stereocenters. The fraction of sp³-hybridized carbons (Fsp3) is 0.857. The first kappa shape index (κ1) is 17.4. The van der Waals surface area contributed by atoms with E-state index in [4.69, 9.17) is 14.2 Å². The Hall–Kier alpha value is -0.610. The van der Waals surface area contributed by atoms with E-state index in [2.05, 4.69) is 6.92 Å². The fourth-order valence-corrected chi connectivity index (χ4v) is 1.58. The highest BCUT2D eigenvalue weighted by Gasteiger charge is 2.23. The molecule has 0 heterocycles. The van der Waals surface area contributed by atoms with Crippen LogP contribution in [0.15, 0.2) is 0 Å². The van der Waals surface area contributed by atoms with Crippen molar-refractivity contribution in [3.05, 3.63) is 6.29 Å². The first-order chi connectivity index (χ1) is 8.69. The minimum Gasteiger partial charge on any atom is -0.423 e. The van der Waals surface area contributed by atoms with Crippen LogP contribution in [0.1, 0.15) is 53.4 Å². The largest absolute Gasteiger partial charge is 0.423 e. The highest BCUT2D eigenvalue weighted by atomic mass is 16.7. The summed E-state index contributed by atoms with van der Waals surface area (Å²) in [6.45, 7) is 9.13. The maximum Gasteiger partial charge on any atom is 0.311 e. The molecule has 0 fully saturated rings. The first-order valence-corrected chi connectivity index (χ1v) is 6.97. The summed E-state index contributed by atoms with van der Waals surface area (Å²) in [5, 5.41) is 0. The molecular weight excluding hydrogens is 232 g/mol. The molecular formula is C14H27O4. The number of hydrogen-bond acceptors (Lipinski definition) is 4. The van der Waals surface area contributed by atoms with Gasteiger partial charge in [-0.25, -0.2) is 0 Å². The monoisotopic (exact) mass is 259 g/mol. The van der Waals surface area contributed by atoms with Crippen LogP contribution in [0.3, 0.4) is 0 Å². The van der Waals surface area contributed by atoms with Crippen molar-refractivity contribution >= 4 is 5.97 Å². The van der Waals surface area contributed by atoms with Crippen molar-refractivity contribution in [3.8, 4) is 0 Å². The van der Waals surface area contributed by atoms with Gasteiger partial charge in [-0.05, 0) is 26.7 Å². The second-order valence-electron chi connectivity index (χ2n) is 4.11. The molecule has 0 aliphatic heterocycles. The van der Waals surface area contributed by atoms with E-state index < -0.39 is 0 Å². The van der Waals surface area contributed by atoms with Crippen molar-refractivity contribution in [3.63, 3.8) is 0 Å². The molecule has 0 bridgehead atoms. The van der Waals surface area contributed by atoms with Gasteiger partial charge in [-0.3, -0.25) is 4.79 Å². The van der Waals surface area contributed by atoms with Crippen molar-refractivity contribution in [1.82, 2.24) is 0 Å². The van der Waals surface area contributed by atoms with Crippen LogP contribution in [0, 0.1) is 12.2 Å². The summed E-state index contributed by atoms with van der Waals surface area (Å²) in [6, 6.07) is 0. The molecule has 1 atom stereocenters. The van der Waals surface area contributed by atoms with Gasteiger partial charge in [0.15, 0.2) is 0 Å². The summed E-state index contributed by atoms with van der Waals surface area (Å²) < 4.78 is 15.7. The molecule has 107 valence electrons. The van der Waals surface area contributed by atoms with E-state index in [1.165, 1.54) is 0 Å². The van der Waals surface area contributed by atoms with Crippen molar-refractivity contribution < 1.29 is 19.0 Å². The quantitative estimate of drug-likeness (QED) is 0.534. The zero-order valence-electron chi connectivity index (χ0n) is 12.2. The SMILES string of the molecule is CCCCC(CC)C(=O)O[C](COCC)OCC. The van der Waals surface area contributed by atoms with Gasteiger partial charge in [-0.1, -0.05) is 26.7 Å². The third kappa shape index (κ3) is 7.67. The Kier molecular flexibility index (Phi) is 11.1. The van der Waals surface area contributed by atoms with E-state index >= 15 is 0 Å². The number of carbonyl (C=O) groups is 1. The second-order valence-corrected chi connectivity index (χ2v) is 4.11. The number of esters is 1. The summed E-state index contributed by atoms with van der Waals surface area (Å²) >= 11 is 0. The Bertz CT molecular complexity index is 206. The Balaban J connectivity index is 4.17. The second kappa shape index (κ2) is 11.5. The molecule has 18 heavy (non-hydrogen) atoms. The van der Waals surface area contributed by atoms with Crippen LogP contribution >= 0.6 is 0 Å². The summed E-state index contributed by atoms with van der Waals surface area (Å²) in [7, 11) is 0. The number of unbranched alkanes of at least 4 members (excludes halogenated alkanes) is 1. The van der Waals surface area contributed by atoms with Gasteiger partial charge in [0, 0.05) is 13.2 Å². The standard InChI is InChI=1S/C14H27O4/c1-5-9-10-12(6-2)14(15)18-13(17-8-4)11-16-7-3/h12H,5-11H2,1-4H3. The fourth-order valence-electron chi connectivity index (χ4n) is 1.58. The number of rotatable bonds is 11.